The Labute approximate surface area is 103 Å². The van der Waals surface area contributed by atoms with E-state index in [4.69, 9.17) is 9.47 Å². The quantitative estimate of drug-likeness (QED) is 0.709. The van der Waals surface area contributed by atoms with Crippen molar-refractivity contribution < 1.29 is 19.1 Å². The lowest BCUT2D eigenvalue weighted by Crippen LogP contribution is -2.26. The smallest absolute Gasteiger partial charge is 0.306 e. The summed E-state index contributed by atoms with van der Waals surface area (Å²) in [5.41, 5.74) is 0. The zero-order valence-corrected chi connectivity index (χ0v) is 11.1. The third-order valence-electron chi connectivity index (χ3n) is 3.53. The molecule has 0 N–H and O–H groups in total. The molecule has 4 heteroatoms. The fourth-order valence-corrected chi connectivity index (χ4v) is 2.73. The van der Waals surface area contributed by atoms with Crippen molar-refractivity contribution in [3.05, 3.63) is 0 Å². The number of ether oxygens (including phenoxy) is 2. The molecule has 0 aromatic rings. The van der Waals surface area contributed by atoms with Gasteiger partial charge >= 0.3 is 11.9 Å². The van der Waals surface area contributed by atoms with Gasteiger partial charge in [-0.3, -0.25) is 9.59 Å². The van der Waals surface area contributed by atoms with Gasteiger partial charge in [0, 0.05) is 13.3 Å². The van der Waals surface area contributed by atoms with Crippen LogP contribution in [0.4, 0.5) is 0 Å². The summed E-state index contributed by atoms with van der Waals surface area (Å²) < 4.78 is 10.3. The van der Waals surface area contributed by atoms with Crippen molar-refractivity contribution in [2.75, 3.05) is 6.61 Å². The highest BCUT2D eigenvalue weighted by Gasteiger charge is 2.41. The molecule has 0 aromatic heterocycles. The molecule has 98 valence electrons. The fourth-order valence-electron chi connectivity index (χ4n) is 2.73. The number of carbonyl (C=O) groups excluding carboxylic acids is 2. The summed E-state index contributed by atoms with van der Waals surface area (Å²) in [5.74, 6) is 0.394. The highest BCUT2D eigenvalue weighted by molar-refractivity contribution is 5.69. The van der Waals surface area contributed by atoms with Crippen LogP contribution in [0.5, 0.6) is 0 Å². The second-order valence-electron chi connectivity index (χ2n) is 4.92. The van der Waals surface area contributed by atoms with Gasteiger partial charge in [0.05, 0.1) is 6.61 Å². The first-order valence-electron chi connectivity index (χ1n) is 6.28. The van der Waals surface area contributed by atoms with Gasteiger partial charge in [-0.15, -0.1) is 0 Å². The lowest BCUT2D eigenvalue weighted by molar-refractivity contribution is -0.150. The van der Waals surface area contributed by atoms with E-state index >= 15 is 0 Å². The van der Waals surface area contributed by atoms with Crippen LogP contribution in [0, 0.1) is 17.8 Å². The molecule has 1 rings (SSSR count). The molecule has 0 radical (unpaired) electrons. The predicted octanol–water partition coefficient (Wildman–Crippen LogP) is 2.16. The maximum Gasteiger partial charge on any atom is 0.306 e. The summed E-state index contributed by atoms with van der Waals surface area (Å²) in [6, 6.07) is 0. The van der Waals surface area contributed by atoms with E-state index in [9.17, 15) is 9.59 Å². The molecule has 1 aliphatic carbocycles. The Morgan fingerprint density at radius 2 is 1.94 bits per heavy atom. The molecular weight excluding hydrogens is 220 g/mol. The monoisotopic (exact) mass is 242 g/mol. The van der Waals surface area contributed by atoms with Crippen LogP contribution in [0.25, 0.3) is 0 Å². The Morgan fingerprint density at radius 1 is 1.29 bits per heavy atom. The molecule has 4 unspecified atom stereocenters. The molecule has 0 spiro atoms. The summed E-state index contributed by atoms with van der Waals surface area (Å²) in [6.45, 7) is 7.76. The van der Waals surface area contributed by atoms with E-state index in [-0.39, 0.29) is 29.9 Å². The summed E-state index contributed by atoms with van der Waals surface area (Å²) in [4.78, 5) is 22.5. The predicted molar refractivity (Wildman–Crippen MR) is 63.2 cm³/mol. The molecule has 0 aromatic carbocycles. The standard InChI is InChI=1S/C13H22O4/c1-5-16-12(15)7-11-6-8(2)13(9(11)3)17-10(4)14/h8-9,11,13H,5-7H2,1-4H3. The topological polar surface area (TPSA) is 52.6 Å². The van der Waals surface area contributed by atoms with Crippen LogP contribution in [-0.4, -0.2) is 24.6 Å². The van der Waals surface area contributed by atoms with Gasteiger partial charge in [0.15, 0.2) is 0 Å². The van der Waals surface area contributed by atoms with Gasteiger partial charge < -0.3 is 9.47 Å². The van der Waals surface area contributed by atoms with Crippen LogP contribution in [0.15, 0.2) is 0 Å². The Kier molecular flexibility index (Phi) is 4.97. The van der Waals surface area contributed by atoms with E-state index in [1.165, 1.54) is 6.92 Å². The Hall–Kier alpha value is -1.06. The Balaban J connectivity index is 2.54. The average Bonchev–Trinajstić information content (AvgIpc) is 2.46. The summed E-state index contributed by atoms with van der Waals surface area (Å²) in [5, 5.41) is 0. The third-order valence-corrected chi connectivity index (χ3v) is 3.53. The number of carbonyl (C=O) groups is 2. The van der Waals surface area contributed by atoms with E-state index in [1.54, 1.807) is 6.92 Å². The number of rotatable bonds is 4. The summed E-state index contributed by atoms with van der Waals surface area (Å²) in [7, 11) is 0. The van der Waals surface area contributed by atoms with Gasteiger partial charge in [-0.25, -0.2) is 0 Å². The first-order valence-corrected chi connectivity index (χ1v) is 6.28. The van der Waals surface area contributed by atoms with Crippen LogP contribution in [0.1, 0.15) is 40.5 Å². The van der Waals surface area contributed by atoms with Crippen molar-refractivity contribution in [3.63, 3.8) is 0 Å². The van der Waals surface area contributed by atoms with Gasteiger partial charge in [-0.05, 0) is 31.1 Å². The minimum absolute atomic E-state index is 0.0630. The van der Waals surface area contributed by atoms with Crippen LogP contribution in [0.3, 0.4) is 0 Å². The number of esters is 2. The van der Waals surface area contributed by atoms with Gasteiger partial charge in [0.1, 0.15) is 6.10 Å². The highest BCUT2D eigenvalue weighted by atomic mass is 16.5. The number of hydrogen-bond acceptors (Lipinski definition) is 4. The van der Waals surface area contributed by atoms with Gasteiger partial charge in [-0.1, -0.05) is 13.8 Å². The Morgan fingerprint density at radius 3 is 2.47 bits per heavy atom. The van der Waals surface area contributed by atoms with E-state index in [1.807, 2.05) is 6.92 Å². The lowest BCUT2D eigenvalue weighted by atomic mass is 9.94. The largest absolute Gasteiger partial charge is 0.466 e. The molecule has 0 aliphatic heterocycles. The van der Waals surface area contributed by atoms with E-state index in [2.05, 4.69) is 6.92 Å². The van der Waals surface area contributed by atoms with Gasteiger partial charge in [0.2, 0.25) is 0 Å². The summed E-state index contributed by atoms with van der Waals surface area (Å²) >= 11 is 0. The van der Waals surface area contributed by atoms with Crippen molar-refractivity contribution in [1.29, 1.82) is 0 Å². The maximum atomic E-state index is 11.5. The van der Waals surface area contributed by atoms with E-state index in [0.717, 1.165) is 6.42 Å². The van der Waals surface area contributed by atoms with Crippen molar-refractivity contribution in [2.24, 2.45) is 17.8 Å². The highest BCUT2D eigenvalue weighted by Crippen LogP contribution is 2.40. The van der Waals surface area contributed by atoms with Gasteiger partial charge in [0.25, 0.3) is 0 Å². The zero-order chi connectivity index (χ0) is 13.0. The van der Waals surface area contributed by atoms with Crippen LogP contribution in [0.2, 0.25) is 0 Å². The molecular formula is C13H22O4. The van der Waals surface area contributed by atoms with Crippen molar-refractivity contribution in [3.8, 4) is 0 Å². The molecule has 4 atom stereocenters. The molecule has 4 nitrogen and oxygen atoms in total. The van der Waals surface area contributed by atoms with Crippen LogP contribution >= 0.6 is 0 Å². The third kappa shape index (κ3) is 3.72. The second-order valence-corrected chi connectivity index (χ2v) is 4.92. The molecule has 1 aliphatic rings. The zero-order valence-electron chi connectivity index (χ0n) is 11.1. The van der Waals surface area contributed by atoms with E-state index in [0.29, 0.717) is 18.9 Å². The minimum Gasteiger partial charge on any atom is -0.466 e. The summed E-state index contributed by atoms with van der Waals surface area (Å²) in [6.07, 6.45) is 1.28. The Bertz CT molecular complexity index is 287. The van der Waals surface area contributed by atoms with Crippen LogP contribution < -0.4 is 0 Å². The molecule has 0 heterocycles. The van der Waals surface area contributed by atoms with Crippen molar-refractivity contribution in [2.45, 2.75) is 46.6 Å². The van der Waals surface area contributed by atoms with Crippen molar-refractivity contribution >= 4 is 11.9 Å². The molecule has 0 saturated heterocycles. The molecule has 0 bridgehead atoms. The van der Waals surface area contributed by atoms with Gasteiger partial charge in [-0.2, -0.15) is 0 Å². The fraction of sp³-hybridized carbons (Fsp3) is 0.846. The average molecular weight is 242 g/mol. The maximum absolute atomic E-state index is 11.5. The van der Waals surface area contributed by atoms with Crippen LogP contribution in [-0.2, 0) is 19.1 Å². The first kappa shape index (κ1) is 14.0. The first-order chi connectivity index (χ1) is 7.95. The molecule has 0 amide bonds. The number of hydrogen-bond donors (Lipinski definition) is 0. The minimum atomic E-state index is -0.245. The SMILES string of the molecule is CCOC(=O)CC1CC(C)C(OC(C)=O)C1C. The normalized spacial score (nSPS) is 32.2. The molecule has 17 heavy (non-hydrogen) atoms. The lowest BCUT2D eigenvalue weighted by Gasteiger charge is -2.21. The second kappa shape index (κ2) is 6.03. The van der Waals surface area contributed by atoms with E-state index < -0.39 is 0 Å². The molecule has 1 saturated carbocycles. The van der Waals surface area contributed by atoms with Crippen molar-refractivity contribution in [1.82, 2.24) is 0 Å². The molecule has 1 fully saturated rings.